The van der Waals surface area contributed by atoms with Crippen LogP contribution >= 0.6 is 0 Å². The summed E-state index contributed by atoms with van der Waals surface area (Å²) in [6.45, 7) is 5.08. The molecule has 0 aliphatic heterocycles. The van der Waals surface area contributed by atoms with Gasteiger partial charge in [-0.2, -0.15) is 0 Å². The van der Waals surface area contributed by atoms with Crippen LogP contribution in [0.25, 0.3) is 0 Å². The molecule has 0 bridgehead atoms. The molecule has 1 aromatic rings. The Bertz CT molecular complexity index is 399. The van der Waals surface area contributed by atoms with E-state index in [0.29, 0.717) is 6.54 Å². The van der Waals surface area contributed by atoms with Crippen LogP contribution in [-0.4, -0.2) is 38.0 Å². The van der Waals surface area contributed by atoms with Gasteiger partial charge >= 0.3 is 0 Å². The van der Waals surface area contributed by atoms with E-state index in [1.165, 1.54) is 12.1 Å². The average Bonchev–Trinajstić information content (AvgIpc) is 2.28. The van der Waals surface area contributed by atoms with Gasteiger partial charge in [0, 0.05) is 13.1 Å². The number of carbonyl (C=O) groups is 1. The van der Waals surface area contributed by atoms with Gasteiger partial charge in [-0.05, 0) is 45.6 Å². The monoisotopic (exact) mass is 252 g/mol. The van der Waals surface area contributed by atoms with Crippen LogP contribution in [0.5, 0.6) is 0 Å². The van der Waals surface area contributed by atoms with Gasteiger partial charge in [0.2, 0.25) is 5.91 Å². The summed E-state index contributed by atoms with van der Waals surface area (Å²) in [5.41, 5.74) is 0.159. The molecule has 4 heteroatoms. The molecule has 0 spiro atoms. The molecule has 1 rings (SSSR count). The molecule has 0 radical (unpaired) electrons. The Kier molecular flexibility index (Phi) is 4.84. The molecule has 1 amide bonds. The van der Waals surface area contributed by atoms with Crippen LogP contribution in [-0.2, 0) is 10.2 Å². The minimum atomic E-state index is -0.653. The van der Waals surface area contributed by atoms with Crippen LogP contribution in [0.4, 0.5) is 4.39 Å². The Labute approximate surface area is 108 Å². The van der Waals surface area contributed by atoms with E-state index in [4.69, 9.17) is 0 Å². The van der Waals surface area contributed by atoms with Gasteiger partial charge in [0.05, 0.1) is 5.41 Å². The van der Waals surface area contributed by atoms with Crippen LogP contribution in [0.2, 0.25) is 0 Å². The quantitative estimate of drug-likeness (QED) is 0.866. The number of rotatable bonds is 5. The summed E-state index contributed by atoms with van der Waals surface area (Å²) in [5, 5.41) is 2.89. The predicted molar refractivity (Wildman–Crippen MR) is 71.0 cm³/mol. The van der Waals surface area contributed by atoms with Crippen LogP contribution < -0.4 is 5.32 Å². The normalized spacial score (nSPS) is 11.7. The van der Waals surface area contributed by atoms with Gasteiger partial charge in [-0.3, -0.25) is 4.79 Å². The number of amides is 1. The molecule has 0 fully saturated rings. The molecule has 0 heterocycles. The summed E-state index contributed by atoms with van der Waals surface area (Å²) in [7, 11) is 3.91. The fraction of sp³-hybridized carbons (Fsp3) is 0.500. The number of nitrogens with one attached hydrogen (secondary N) is 1. The van der Waals surface area contributed by atoms with E-state index < -0.39 is 5.41 Å². The minimum absolute atomic E-state index is 0.0454. The molecule has 0 saturated heterocycles. The third kappa shape index (κ3) is 3.81. The zero-order valence-electron chi connectivity index (χ0n) is 11.5. The molecule has 1 aromatic carbocycles. The summed E-state index contributed by atoms with van der Waals surface area (Å²) >= 11 is 0. The maximum Gasteiger partial charge on any atom is 0.230 e. The van der Waals surface area contributed by atoms with E-state index in [-0.39, 0.29) is 11.7 Å². The Hall–Kier alpha value is -1.42. The van der Waals surface area contributed by atoms with Crippen molar-refractivity contribution < 1.29 is 9.18 Å². The molecule has 1 N–H and O–H groups in total. The van der Waals surface area contributed by atoms with E-state index in [9.17, 15) is 9.18 Å². The van der Waals surface area contributed by atoms with Crippen molar-refractivity contribution in [3.05, 3.63) is 35.6 Å². The number of likely N-dealkylation sites (N-methyl/N-ethyl adjacent to an activating group) is 1. The van der Waals surface area contributed by atoms with Crippen molar-refractivity contribution in [3.8, 4) is 0 Å². The average molecular weight is 252 g/mol. The van der Waals surface area contributed by atoms with Gasteiger partial charge in [0.25, 0.3) is 0 Å². The van der Waals surface area contributed by atoms with Gasteiger partial charge < -0.3 is 10.2 Å². The molecular weight excluding hydrogens is 231 g/mol. The van der Waals surface area contributed by atoms with Crippen LogP contribution in [0, 0.1) is 5.82 Å². The zero-order valence-corrected chi connectivity index (χ0v) is 11.5. The summed E-state index contributed by atoms with van der Waals surface area (Å²) < 4.78 is 12.9. The smallest absolute Gasteiger partial charge is 0.230 e. The highest BCUT2D eigenvalue weighted by atomic mass is 19.1. The first-order valence-corrected chi connectivity index (χ1v) is 6.03. The van der Waals surface area contributed by atoms with Gasteiger partial charge in [-0.1, -0.05) is 12.1 Å². The number of nitrogens with zero attached hydrogens (tertiary/aromatic N) is 1. The highest BCUT2D eigenvalue weighted by Crippen LogP contribution is 2.23. The molecule has 0 saturated carbocycles. The van der Waals surface area contributed by atoms with Crippen LogP contribution in [0.3, 0.4) is 0 Å². The largest absolute Gasteiger partial charge is 0.354 e. The fourth-order valence-corrected chi connectivity index (χ4v) is 1.61. The molecular formula is C14H21FN2O. The second-order valence-electron chi connectivity index (χ2n) is 5.19. The lowest BCUT2D eigenvalue weighted by Crippen LogP contribution is -2.42. The van der Waals surface area contributed by atoms with E-state index >= 15 is 0 Å². The number of hydrogen-bond acceptors (Lipinski definition) is 2. The van der Waals surface area contributed by atoms with Gasteiger partial charge in [-0.25, -0.2) is 4.39 Å². The van der Waals surface area contributed by atoms with Crippen molar-refractivity contribution in [1.82, 2.24) is 10.2 Å². The highest BCUT2D eigenvalue weighted by molar-refractivity contribution is 5.87. The second-order valence-corrected chi connectivity index (χ2v) is 5.19. The molecule has 0 atom stereocenters. The lowest BCUT2D eigenvalue weighted by Gasteiger charge is -2.24. The minimum Gasteiger partial charge on any atom is -0.354 e. The molecule has 100 valence electrons. The van der Waals surface area contributed by atoms with Crippen molar-refractivity contribution in [2.75, 3.05) is 27.2 Å². The first-order valence-electron chi connectivity index (χ1n) is 6.03. The first-order chi connectivity index (χ1) is 8.34. The molecule has 3 nitrogen and oxygen atoms in total. The Morgan fingerprint density at radius 1 is 1.28 bits per heavy atom. The molecule has 0 aromatic heterocycles. The third-order valence-electron chi connectivity index (χ3n) is 2.98. The van der Waals surface area contributed by atoms with Crippen molar-refractivity contribution >= 4 is 5.91 Å². The van der Waals surface area contributed by atoms with E-state index in [0.717, 1.165) is 12.1 Å². The Morgan fingerprint density at radius 3 is 2.33 bits per heavy atom. The molecule has 0 aliphatic rings. The lowest BCUT2D eigenvalue weighted by molar-refractivity contribution is -0.125. The Balaban J connectivity index is 2.67. The topological polar surface area (TPSA) is 32.3 Å². The summed E-state index contributed by atoms with van der Waals surface area (Å²) in [5.74, 6) is -0.335. The summed E-state index contributed by atoms with van der Waals surface area (Å²) in [4.78, 5) is 14.1. The SMILES string of the molecule is CN(C)CCNC(=O)C(C)(C)c1ccc(F)cc1. The number of carbonyl (C=O) groups excluding carboxylic acids is 1. The molecule has 18 heavy (non-hydrogen) atoms. The standard InChI is InChI=1S/C14H21FN2O/c1-14(2,11-5-7-12(15)8-6-11)13(18)16-9-10-17(3)4/h5-8H,9-10H2,1-4H3,(H,16,18). The van der Waals surface area contributed by atoms with Gasteiger partial charge in [0.15, 0.2) is 0 Å². The number of hydrogen-bond donors (Lipinski definition) is 1. The lowest BCUT2D eigenvalue weighted by atomic mass is 9.84. The maximum atomic E-state index is 12.9. The highest BCUT2D eigenvalue weighted by Gasteiger charge is 2.29. The third-order valence-corrected chi connectivity index (χ3v) is 2.98. The summed E-state index contributed by atoms with van der Waals surface area (Å²) in [6.07, 6.45) is 0. The van der Waals surface area contributed by atoms with Gasteiger partial charge in [0.1, 0.15) is 5.82 Å². The van der Waals surface area contributed by atoms with Crippen LogP contribution in [0.15, 0.2) is 24.3 Å². The second kappa shape index (κ2) is 5.96. The Morgan fingerprint density at radius 2 is 1.83 bits per heavy atom. The van der Waals surface area contributed by atoms with Gasteiger partial charge in [-0.15, -0.1) is 0 Å². The van der Waals surface area contributed by atoms with Crippen molar-refractivity contribution in [2.45, 2.75) is 19.3 Å². The first kappa shape index (κ1) is 14.6. The van der Waals surface area contributed by atoms with Crippen LogP contribution in [0.1, 0.15) is 19.4 Å². The zero-order chi connectivity index (χ0) is 13.8. The number of halogens is 1. The molecule has 0 aliphatic carbocycles. The van der Waals surface area contributed by atoms with E-state index in [1.54, 1.807) is 12.1 Å². The maximum absolute atomic E-state index is 12.9. The van der Waals surface area contributed by atoms with Crippen molar-refractivity contribution in [2.24, 2.45) is 0 Å². The van der Waals surface area contributed by atoms with Crippen molar-refractivity contribution in [3.63, 3.8) is 0 Å². The summed E-state index contributed by atoms with van der Waals surface area (Å²) in [6, 6.07) is 6.07. The van der Waals surface area contributed by atoms with Crippen molar-refractivity contribution in [1.29, 1.82) is 0 Å². The molecule has 0 unspecified atom stereocenters. The predicted octanol–water partition coefficient (Wildman–Crippen LogP) is 1.78. The number of benzene rings is 1. The van der Waals surface area contributed by atoms with E-state index in [1.807, 2.05) is 32.8 Å². The van der Waals surface area contributed by atoms with E-state index in [2.05, 4.69) is 5.32 Å². The fourth-order valence-electron chi connectivity index (χ4n) is 1.61.